The van der Waals surface area contributed by atoms with Crippen LogP contribution in [-0.2, 0) is 14.8 Å². The summed E-state index contributed by atoms with van der Waals surface area (Å²) < 4.78 is 47.0. The third-order valence-corrected chi connectivity index (χ3v) is 6.71. The fraction of sp³-hybridized carbons (Fsp3) is 0.174. The molecule has 0 fully saturated rings. The number of carbonyl (C=O) groups is 1. The predicted molar refractivity (Wildman–Crippen MR) is 118 cm³/mol. The summed E-state index contributed by atoms with van der Waals surface area (Å²) in [5.74, 6) is -0.864. The molecular formula is C23H23FN2O4S. The number of hydrogen-bond acceptors (Lipinski definition) is 4. The molecule has 0 aliphatic carbocycles. The minimum Gasteiger partial charge on any atom is -0.497 e. The molecule has 3 aromatic carbocycles. The second-order valence-corrected chi connectivity index (χ2v) is 8.80. The molecule has 0 atom stereocenters. The number of hydrogen-bond donors (Lipinski definition) is 1. The molecule has 1 N–H and O–H groups in total. The number of rotatable bonds is 7. The van der Waals surface area contributed by atoms with Gasteiger partial charge in [0.25, 0.3) is 10.0 Å². The number of anilines is 2. The van der Waals surface area contributed by atoms with Crippen molar-refractivity contribution in [3.05, 3.63) is 83.7 Å². The van der Waals surface area contributed by atoms with E-state index in [1.54, 1.807) is 12.1 Å². The smallest absolute Gasteiger partial charge is 0.264 e. The van der Waals surface area contributed by atoms with Crippen LogP contribution in [0.3, 0.4) is 0 Å². The Labute approximate surface area is 181 Å². The normalized spacial score (nSPS) is 11.1. The average Bonchev–Trinajstić information content (AvgIpc) is 2.76. The van der Waals surface area contributed by atoms with E-state index >= 15 is 0 Å². The number of aryl methyl sites for hydroxylation is 1. The van der Waals surface area contributed by atoms with E-state index in [-0.39, 0.29) is 10.6 Å². The van der Waals surface area contributed by atoms with Gasteiger partial charge in [0.2, 0.25) is 5.91 Å². The van der Waals surface area contributed by atoms with Crippen LogP contribution in [0, 0.1) is 19.7 Å². The van der Waals surface area contributed by atoms with Crippen molar-refractivity contribution in [2.45, 2.75) is 18.7 Å². The zero-order valence-corrected chi connectivity index (χ0v) is 18.2. The molecule has 31 heavy (non-hydrogen) atoms. The van der Waals surface area contributed by atoms with Crippen LogP contribution in [-0.4, -0.2) is 28.0 Å². The minimum absolute atomic E-state index is 0.0870. The highest BCUT2D eigenvalue weighted by Crippen LogP contribution is 2.27. The average molecular weight is 443 g/mol. The van der Waals surface area contributed by atoms with E-state index in [1.807, 2.05) is 19.9 Å². The standard InChI is InChI=1S/C23H23FN2O4S/c1-16-7-6-9-21(17(16)2)25-23(27)15-26(22-10-5-4-8-20(22)24)31(28,29)19-13-11-18(30-3)12-14-19/h4-14H,15H2,1-3H3,(H,25,27). The summed E-state index contributed by atoms with van der Waals surface area (Å²) >= 11 is 0. The van der Waals surface area contributed by atoms with E-state index in [0.717, 1.165) is 21.5 Å². The number of methoxy groups -OCH3 is 1. The van der Waals surface area contributed by atoms with Gasteiger partial charge < -0.3 is 10.1 Å². The van der Waals surface area contributed by atoms with Gasteiger partial charge in [-0.25, -0.2) is 12.8 Å². The van der Waals surface area contributed by atoms with Crippen molar-refractivity contribution >= 4 is 27.3 Å². The molecule has 0 aromatic heterocycles. The Morgan fingerprint density at radius 1 is 1.00 bits per heavy atom. The number of nitrogens with zero attached hydrogens (tertiary/aromatic N) is 1. The maximum absolute atomic E-state index is 14.5. The van der Waals surface area contributed by atoms with Crippen LogP contribution in [0.25, 0.3) is 0 Å². The predicted octanol–water partition coefficient (Wildman–Crippen LogP) is 4.29. The highest BCUT2D eigenvalue weighted by Gasteiger charge is 2.29. The summed E-state index contributed by atoms with van der Waals surface area (Å²) in [4.78, 5) is 12.7. The number of ether oxygens (including phenoxy) is 1. The molecule has 0 saturated carbocycles. The maximum Gasteiger partial charge on any atom is 0.264 e. The zero-order valence-electron chi connectivity index (χ0n) is 17.4. The fourth-order valence-electron chi connectivity index (χ4n) is 3.04. The van der Waals surface area contributed by atoms with Crippen LogP contribution in [0.1, 0.15) is 11.1 Å². The SMILES string of the molecule is COc1ccc(S(=O)(=O)N(CC(=O)Nc2cccc(C)c2C)c2ccccc2F)cc1. The summed E-state index contributed by atoms with van der Waals surface area (Å²) in [7, 11) is -2.77. The molecular weight excluding hydrogens is 419 g/mol. The third-order valence-electron chi connectivity index (χ3n) is 4.93. The van der Waals surface area contributed by atoms with Crippen molar-refractivity contribution in [2.75, 3.05) is 23.3 Å². The highest BCUT2D eigenvalue weighted by atomic mass is 32.2. The van der Waals surface area contributed by atoms with Crippen LogP contribution >= 0.6 is 0 Å². The van der Waals surface area contributed by atoms with Gasteiger partial charge in [-0.1, -0.05) is 24.3 Å². The van der Waals surface area contributed by atoms with Gasteiger partial charge in [-0.2, -0.15) is 0 Å². The molecule has 0 aliphatic rings. The van der Waals surface area contributed by atoms with Crippen LogP contribution in [0.15, 0.2) is 71.6 Å². The molecule has 6 nitrogen and oxygen atoms in total. The van der Waals surface area contributed by atoms with E-state index in [9.17, 15) is 17.6 Å². The quantitative estimate of drug-likeness (QED) is 0.592. The number of carbonyl (C=O) groups excluding carboxylic acids is 1. The molecule has 0 spiro atoms. The molecule has 3 rings (SSSR count). The van der Waals surface area contributed by atoms with Gasteiger partial charge in [-0.3, -0.25) is 9.10 Å². The second kappa shape index (κ2) is 9.18. The second-order valence-electron chi connectivity index (χ2n) is 6.93. The third kappa shape index (κ3) is 4.86. The van der Waals surface area contributed by atoms with E-state index in [4.69, 9.17) is 4.74 Å². The Morgan fingerprint density at radius 3 is 2.32 bits per heavy atom. The molecule has 0 radical (unpaired) electrons. The van der Waals surface area contributed by atoms with Crippen molar-refractivity contribution in [3.63, 3.8) is 0 Å². The number of nitrogens with one attached hydrogen (secondary N) is 1. The largest absolute Gasteiger partial charge is 0.497 e. The Kier molecular flexibility index (Phi) is 6.60. The molecule has 0 saturated heterocycles. The van der Waals surface area contributed by atoms with Crippen molar-refractivity contribution in [1.29, 1.82) is 0 Å². The lowest BCUT2D eigenvalue weighted by Gasteiger charge is -2.24. The topological polar surface area (TPSA) is 75.7 Å². The lowest BCUT2D eigenvalue weighted by atomic mass is 10.1. The lowest BCUT2D eigenvalue weighted by Crippen LogP contribution is -2.38. The van der Waals surface area contributed by atoms with Crippen LogP contribution in [0.5, 0.6) is 5.75 Å². The zero-order chi connectivity index (χ0) is 22.6. The van der Waals surface area contributed by atoms with Crippen molar-refractivity contribution in [1.82, 2.24) is 0 Å². The van der Waals surface area contributed by atoms with Crippen molar-refractivity contribution in [3.8, 4) is 5.75 Å². The van der Waals surface area contributed by atoms with E-state index in [2.05, 4.69) is 5.32 Å². The highest BCUT2D eigenvalue weighted by molar-refractivity contribution is 7.92. The molecule has 0 unspecified atom stereocenters. The van der Waals surface area contributed by atoms with E-state index < -0.39 is 28.3 Å². The molecule has 1 amide bonds. The number of sulfonamides is 1. The molecule has 162 valence electrons. The summed E-state index contributed by atoms with van der Waals surface area (Å²) in [6.07, 6.45) is 0. The lowest BCUT2D eigenvalue weighted by molar-refractivity contribution is -0.114. The first-order chi connectivity index (χ1) is 14.7. The summed E-state index contributed by atoms with van der Waals surface area (Å²) in [6.45, 7) is 3.17. The molecule has 8 heteroatoms. The van der Waals surface area contributed by atoms with E-state index in [0.29, 0.717) is 11.4 Å². The monoisotopic (exact) mass is 442 g/mol. The van der Waals surface area contributed by atoms with Crippen molar-refractivity contribution in [2.24, 2.45) is 0 Å². The van der Waals surface area contributed by atoms with Crippen LogP contribution in [0.4, 0.5) is 15.8 Å². The van der Waals surface area contributed by atoms with Gasteiger partial charge in [-0.05, 0) is 67.4 Å². The maximum atomic E-state index is 14.5. The molecule has 3 aromatic rings. The minimum atomic E-state index is -4.23. The Bertz CT molecular complexity index is 1190. The number of benzene rings is 3. The Morgan fingerprint density at radius 2 is 1.68 bits per heavy atom. The fourth-order valence-corrected chi connectivity index (χ4v) is 4.46. The first-order valence-electron chi connectivity index (χ1n) is 9.51. The molecule has 0 aliphatic heterocycles. The van der Waals surface area contributed by atoms with Gasteiger partial charge in [0, 0.05) is 5.69 Å². The summed E-state index contributed by atoms with van der Waals surface area (Å²) in [5, 5.41) is 2.73. The summed E-state index contributed by atoms with van der Waals surface area (Å²) in [6, 6.07) is 16.5. The number of para-hydroxylation sites is 1. The van der Waals surface area contributed by atoms with Gasteiger partial charge in [-0.15, -0.1) is 0 Å². The van der Waals surface area contributed by atoms with Gasteiger partial charge in [0.15, 0.2) is 0 Å². The first kappa shape index (κ1) is 22.3. The van der Waals surface area contributed by atoms with Crippen LogP contribution in [0.2, 0.25) is 0 Å². The first-order valence-corrected chi connectivity index (χ1v) is 11.0. The van der Waals surface area contributed by atoms with Crippen LogP contribution < -0.4 is 14.4 Å². The summed E-state index contributed by atoms with van der Waals surface area (Å²) in [5.41, 5.74) is 2.20. The molecule has 0 bridgehead atoms. The van der Waals surface area contributed by atoms with Gasteiger partial charge in [0.05, 0.1) is 17.7 Å². The van der Waals surface area contributed by atoms with Gasteiger partial charge >= 0.3 is 0 Å². The Balaban J connectivity index is 1.97. The Hall–Kier alpha value is -3.39. The van der Waals surface area contributed by atoms with Crippen molar-refractivity contribution < 1.29 is 22.3 Å². The molecule has 0 heterocycles. The number of halogens is 1. The van der Waals surface area contributed by atoms with E-state index in [1.165, 1.54) is 49.6 Å². The number of amides is 1. The van der Waals surface area contributed by atoms with Gasteiger partial charge in [0.1, 0.15) is 18.1 Å².